The van der Waals surface area contributed by atoms with E-state index in [4.69, 9.17) is 7.85 Å². The van der Waals surface area contributed by atoms with Crippen LogP contribution in [0.4, 0.5) is 0 Å². The Morgan fingerprint density at radius 1 is 1.12 bits per heavy atom. The SMILES string of the molecule is [B]C(C)CCC(C)C. The third-order valence-electron chi connectivity index (χ3n) is 1.20. The van der Waals surface area contributed by atoms with Gasteiger partial charge in [0.1, 0.15) is 0 Å². The molecule has 0 saturated heterocycles. The smallest absolute Gasteiger partial charge is 0.0695 e. The van der Waals surface area contributed by atoms with Crippen molar-refractivity contribution in [2.45, 2.75) is 39.4 Å². The van der Waals surface area contributed by atoms with Crippen molar-refractivity contribution in [3.63, 3.8) is 0 Å². The fraction of sp³-hybridized carbons (Fsp3) is 1.00. The maximum atomic E-state index is 5.54. The predicted molar refractivity (Wildman–Crippen MR) is 39.2 cm³/mol. The van der Waals surface area contributed by atoms with Crippen LogP contribution in [-0.4, -0.2) is 7.85 Å². The molecule has 1 atom stereocenters. The molecule has 0 spiro atoms. The largest absolute Gasteiger partial charge is 0.0802 e. The Hall–Kier alpha value is 0.0649. The first-order valence-corrected chi connectivity index (χ1v) is 3.38. The van der Waals surface area contributed by atoms with Crippen molar-refractivity contribution < 1.29 is 0 Å². The van der Waals surface area contributed by atoms with Crippen molar-refractivity contribution in [2.75, 3.05) is 0 Å². The Bertz CT molecular complexity index is 40.3. The summed E-state index contributed by atoms with van der Waals surface area (Å²) >= 11 is 0. The van der Waals surface area contributed by atoms with Gasteiger partial charge >= 0.3 is 0 Å². The summed E-state index contributed by atoms with van der Waals surface area (Å²) in [5, 5.41) is 0. The molecule has 0 bridgehead atoms. The molecule has 0 saturated carbocycles. The van der Waals surface area contributed by atoms with Crippen LogP contribution in [0.25, 0.3) is 0 Å². The zero-order valence-corrected chi connectivity index (χ0v) is 6.15. The van der Waals surface area contributed by atoms with Gasteiger partial charge in [-0.15, -0.1) is 0 Å². The highest BCUT2D eigenvalue weighted by Gasteiger charge is 1.95. The van der Waals surface area contributed by atoms with Gasteiger partial charge in [0.2, 0.25) is 0 Å². The second-order valence-corrected chi connectivity index (χ2v) is 2.95. The van der Waals surface area contributed by atoms with Crippen LogP contribution < -0.4 is 0 Å². The van der Waals surface area contributed by atoms with Crippen LogP contribution >= 0.6 is 0 Å². The summed E-state index contributed by atoms with van der Waals surface area (Å²) in [5.74, 6) is 1.19. The van der Waals surface area contributed by atoms with Crippen molar-refractivity contribution in [2.24, 2.45) is 5.92 Å². The van der Waals surface area contributed by atoms with Crippen LogP contribution in [0.5, 0.6) is 0 Å². The molecule has 1 unspecified atom stereocenters. The van der Waals surface area contributed by atoms with E-state index in [1.807, 2.05) is 0 Å². The monoisotopic (exact) mass is 110 g/mol. The standard InChI is InChI=1S/C7H15B/c1-6(2)4-5-7(3)8/h6-7H,4-5H2,1-3H3. The Balaban J connectivity index is 2.93. The fourth-order valence-corrected chi connectivity index (χ4v) is 0.596. The van der Waals surface area contributed by atoms with Crippen LogP contribution in [0.15, 0.2) is 0 Å². The Labute approximate surface area is 54.1 Å². The summed E-state index contributed by atoms with van der Waals surface area (Å²) in [6, 6.07) is 0. The van der Waals surface area contributed by atoms with Gasteiger partial charge in [-0.1, -0.05) is 39.4 Å². The van der Waals surface area contributed by atoms with Gasteiger partial charge < -0.3 is 0 Å². The fourth-order valence-electron chi connectivity index (χ4n) is 0.596. The first kappa shape index (κ1) is 8.06. The highest BCUT2D eigenvalue weighted by Crippen LogP contribution is 2.11. The zero-order chi connectivity index (χ0) is 6.57. The van der Waals surface area contributed by atoms with E-state index in [0.717, 1.165) is 12.3 Å². The first-order valence-electron chi connectivity index (χ1n) is 3.38. The minimum Gasteiger partial charge on any atom is -0.0802 e. The van der Waals surface area contributed by atoms with E-state index in [1.165, 1.54) is 6.42 Å². The van der Waals surface area contributed by atoms with Crippen molar-refractivity contribution in [3.8, 4) is 0 Å². The van der Waals surface area contributed by atoms with Gasteiger partial charge in [-0.3, -0.25) is 0 Å². The summed E-state index contributed by atoms with van der Waals surface area (Å²) in [6.07, 6.45) is 2.43. The maximum Gasteiger partial charge on any atom is 0.0695 e. The van der Waals surface area contributed by atoms with E-state index >= 15 is 0 Å². The molecule has 0 amide bonds. The number of hydrogen-bond acceptors (Lipinski definition) is 0. The van der Waals surface area contributed by atoms with Gasteiger partial charge in [-0.05, 0) is 5.92 Å². The van der Waals surface area contributed by atoms with E-state index < -0.39 is 0 Å². The third-order valence-corrected chi connectivity index (χ3v) is 1.20. The molecule has 46 valence electrons. The highest BCUT2D eigenvalue weighted by atomic mass is 14.0. The van der Waals surface area contributed by atoms with E-state index in [2.05, 4.69) is 20.8 Å². The van der Waals surface area contributed by atoms with Crippen molar-refractivity contribution in [3.05, 3.63) is 0 Å². The Morgan fingerprint density at radius 3 is 1.75 bits per heavy atom. The third kappa shape index (κ3) is 6.06. The average molecular weight is 110 g/mol. The summed E-state index contributed by atoms with van der Waals surface area (Å²) < 4.78 is 0. The van der Waals surface area contributed by atoms with Crippen molar-refractivity contribution in [1.29, 1.82) is 0 Å². The van der Waals surface area contributed by atoms with Gasteiger partial charge in [0.25, 0.3) is 0 Å². The topological polar surface area (TPSA) is 0 Å². The number of hydrogen-bond donors (Lipinski definition) is 0. The molecule has 0 aromatic carbocycles. The minimum atomic E-state index is 0.386. The molecule has 0 fully saturated rings. The van der Waals surface area contributed by atoms with Gasteiger partial charge in [0, 0.05) is 0 Å². The molecule has 0 heterocycles. The Morgan fingerprint density at radius 2 is 1.62 bits per heavy atom. The lowest BCUT2D eigenvalue weighted by atomic mass is 9.84. The van der Waals surface area contributed by atoms with Gasteiger partial charge in [0.15, 0.2) is 0 Å². The quantitative estimate of drug-likeness (QED) is 0.489. The molecule has 0 rings (SSSR count). The van der Waals surface area contributed by atoms with Crippen LogP contribution in [-0.2, 0) is 0 Å². The highest BCUT2D eigenvalue weighted by molar-refractivity contribution is 6.11. The summed E-state index contributed by atoms with van der Waals surface area (Å²) in [7, 11) is 5.54. The van der Waals surface area contributed by atoms with E-state index in [-0.39, 0.29) is 0 Å². The van der Waals surface area contributed by atoms with Crippen LogP contribution in [0.3, 0.4) is 0 Å². The van der Waals surface area contributed by atoms with Gasteiger partial charge in [-0.2, -0.15) is 0 Å². The molecule has 0 N–H and O–H groups in total. The predicted octanol–water partition coefficient (Wildman–Crippen LogP) is 2.40. The summed E-state index contributed by atoms with van der Waals surface area (Å²) in [6.45, 7) is 6.51. The molecular weight excluding hydrogens is 94.9 g/mol. The molecule has 0 aromatic heterocycles. The Kier molecular flexibility index (Phi) is 4.03. The van der Waals surface area contributed by atoms with Gasteiger partial charge in [0.05, 0.1) is 7.85 Å². The first-order chi connectivity index (χ1) is 3.63. The lowest BCUT2D eigenvalue weighted by Crippen LogP contribution is -1.90. The van der Waals surface area contributed by atoms with Crippen LogP contribution in [0.2, 0.25) is 5.82 Å². The maximum absolute atomic E-state index is 5.54. The van der Waals surface area contributed by atoms with Crippen LogP contribution in [0, 0.1) is 5.92 Å². The van der Waals surface area contributed by atoms with E-state index in [9.17, 15) is 0 Å². The number of rotatable bonds is 3. The lowest BCUT2D eigenvalue weighted by Gasteiger charge is -2.05. The van der Waals surface area contributed by atoms with Crippen LogP contribution in [0.1, 0.15) is 33.6 Å². The van der Waals surface area contributed by atoms with Crippen molar-refractivity contribution >= 4 is 7.85 Å². The molecule has 2 radical (unpaired) electrons. The molecule has 1 heteroatoms. The molecule has 0 aliphatic heterocycles. The molecule has 0 aliphatic rings. The average Bonchev–Trinajstić information content (AvgIpc) is 1.61. The molecule has 8 heavy (non-hydrogen) atoms. The molecule has 0 aromatic rings. The summed E-state index contributed by atoms with van der Waals surface area (Å²) in [5.41, 5.74) is 0. The molecule has 0 aliphatic carbocycles. The van der Waals surface area contributed by atoms with Crippen molar-refractivity contribution in [1.82, 2.24) is 0 Å². The summed E-state index contributed by atoms with van der Waals surface area (Å²) in [4.78, 5) is 0. The minimum absolute atomic E-state index is 0.386. The molecular formula is C7H15B. The van der Waals surface area contributed by atoms with E-state index in [0.29, 0.717) is 5.82 Å². The van der Waals surface area contributed by atoms with Gasteiger partial charge in [-0.25, -0.2) is 0 Å². The normalized spacial score (nSPS) is 14.5. The van der Waals surface area contributed by atoms with E-state index in [1.54, 1.807) is 0 Å². The zero-order valence-electron chi connectivity index (χ0n) is 6.15. The lowest BCUT2D eigenvalue weighted by molar-refractivity contribution is 0.549. The second kappa shape index (κ2) is 4.00. The molecule has 0 nitrogen and oxygen atoms in total. The second-order valence-electron chi connectivity index (χ2n) is 2.95.